The number of halogens is 1. The number of amides is 1. The molecule has 0 unspecified atom stereocenters. The monoisotopic (exact) mass is 295 g/mol. The van der Waals surface area contributed by atoms with Gasteiger partial charge in [0.25, 0.3) is 0 Å². The average Bonchev–Trinajstić information content (AvgIpc) is 2.38. The van der Waals surface area contributed by atoms with E-state index in [4.69, 9.17) is 9.47 Å². The molecule has 0 spiro atoms. The summed E-state index contributed by atoms with van der Waals surface area (Å²) in [5.41, 5.74) is -0.0597. The van der Waals surface area contributed by atoms with Crippen LogP contribution in [-0.2, 0) is 4.74 Å². The maximum Gasteiger partial charge on any atom is 0.407 e. The third kappa shape index (κ3) is 6.79. The van der Waals surface area contributed by atoms with Gasteiger partial charge in [-0.1, -0.05) is 12.2 Å². The highest BCUT2D eigenvalue weighted by atomic mass is 19.1. The molecule has 0 atom stereocenters. The first kappa shape index (κ1) is 17.0. The van der Waals surface area contributed by atoms with Crippen LogP contribution in [0.1, 0.15) is 32.8 Å². The highest BCUT2D eigenvalue weighted by Gasteiger charge is 2.15. The summed E-state index contributed by atoms with van der Waals surface area (Å²) >= 11 is 0. The minimum Gasteiger partial charge on any atom is -0.497 e. The van der Waals surface area contributed by atoms with Gasteiger partial charge in [0.15, 0.2) is 0 Å². The number of benzene rings is 1. The molecule has 0 aliphatic carbocycles. The third-order valence-corrected chi connectivity index (χ3v) is 2.48. The Morgan fingerprint density at radius 3 is 2.71 bits per heavy atom. The number of carbonyl (C=O) groups is 1. The van der Waals surface area contributed by atoms with E-state index in [1.165, 1.54) is 13.2 Å². The predicted molar refractivity (Wildman–Crippen MR) is 80.8 cm³/mol. The van der Waals surface area contributed by atoms with Crippen molar-refractivity contribution < 1.29 is 18.7 Å². The van der Waals surface area contributed by atoms with E-state index in [2.05, 4.69) is 5.32 Å². The molecule has 116 valence electrons. The lowest BCUT2D eigenvalue weighted by Crippen LogP contribution is -2.32. The quantitative estimate of drug-likeness (QED) is 0.841. The van der Waals surface area contributed by atoms with Crippen molar-refractivity contribution in [1.82, 2.24) is 5.32 Å². The second kappa shape index (κ2) is 7.67. The zero-order chi connectivity index (χ0) is 15.9. The van der Waals surface area contributed by atoms with Crippen LogP contribution in [0.2, 0.25) is 0 Å². The van der Waals surface area contributed by atoms with Crippen LogP contribution >= 0.6 is 0 Å². The van der Waals surface area contributed by atoms with Gasteiger partial charge in [0.1, 0.15) is 17.2 Å². The number of hydrogen-bond acceptors (Lipinski definition) is 3. The van der Waals surface area contributed by atoms with E-state index in [-0.39, 0.29) is 5.82 Å². The van der Waals surface area contributed by atoms with Crippen LogP contribution in [0.25, 0.3) is 6.08 Å². The summed E-state index contributed by atoms with van der Waals surface area (Å²) < 4.78 is 23.7. The molecule has 0 radical (unpaired) electrons. The van der Waals surface area contributed by atoms with E-state index in [0.717, 1.165) is 0 Å². The normalized spacial score (nSPS) is 11.5. The molecular formula is C16H22FNO3. The fourth-order valence-corrected chi connectivity index (χ4v) is 1.56. The summed E-state index contributed by atoms with van der Waals surface area (Å²) in [5.74, 6) is 0.287. The van der Waals surface area contributed by atoms with Gasteiger partial charge in [-0.2, -0.15) is 0 Å². The standard InChI is InChI=1S/C16H22FNO3/c1-16(2,3)21-15(19)18-10-6-5-7-12-11-13(20-4)8-9-14(12)17/h5,7-9,11H,6,10H2,1-4H3,(H,18,19). The van der Waals surface area contributed by atoms with E-state index < -0.39 is 11.7 Å². The van der Waals surface area contributed by atoms with Crippen molar-refractivity contribution in [3.8, 4) is 5.75 Å². The van der Waals surface area contributed by atoms with Crippen molar-refractivity contribution in [2.24, 2.45) is 0 Å². The predicted octanol–water partition coefficient (Wildman–Crippen LogP) is 3.76. The SMILES string of the molecule is COc1ccc(F)c(C=CCCNC(=O)OC(C)(C)C)c1. The van der Waals surface area contributed by atoms with E-state index in [0.29, 0.717) is 24.3 Å². The summed E-state index contributed by atoms with van der Waals surface area (Å²) in [4.78, 5) is 11.4. The van der Waals surface area contributed by atoms with E-state index in [9.17, 15) is 9.18 Å². The molecule has 4 nitrogen and oxygen atoms in total. The Kier molecular flexibility index (Phi) is 6.21. The molecule has 1 aromatic carbocycles. The molecule has 0 bridgehead atoms. The topological polar surface area (TPSA) is 47.6 Å². The summed E-state index contributed by atoms with van der Waals surface area (Å²) in [6.45, 7) is 5.84. The smallest absolute Gasteiger partial charge is 0.407 e. The molecule has 21 heavy (non-hydrogen) atoms. The van der Waals surface area contributed by atoms with Gasteiger partial charge in [0.2, 0.25) is 0 Å². The van der Waals surface area contributed by atoms with E-state index in [1.807, 2.05) is 0 Å². The number of hydrogen-bond donors (Lipinski definition) is 1. The first-order chi connectivity index (χ1) is 9.81. The van der Waals surface area contributed by atoms with Gasteiger partial charge in [-0.15, -0.1) is 0 Å². The van der Waals surface area contributed by atoms with E-state index >= 15 is 0 Å². The van der Waals surface area contributed by atoms with Crippen molar-refractivity contribution in [2.45, 2.75) is 32.8 Å². The van der Waals surface area contributed by atoms with Crippen LogP contribution in [0.3, 0.4) is 0 Å². The molecule has 0 aliphatic heterocycles. The minimum absolute atomic E-state index is 0.313. The number of rotatable bonds is 5. The summed E-state index contributed by atoms with van der Waals surface area (Å²) in [6, 6.07) is 4.54. The van der Waals surface area contributed by atoms with Crippen molar-refractivity contribution in [2.75, 3.05) is 13.7 Å². The molecule has 1 N–H and O–H groups in total. The van der Waals surface area contributed by atoms with Crippen LogP contribution in [-0.4, -0.2) is 25.3 Å². The maximum absolute atomic E-state index is 13.5. The molecule has 0 fully saturated rings. The first-order valence-corrected chi connectivity index (χ1v) is 6.79. The largest absolute Gasteiger partial charge is 0.497 e. The Balaban J connectivity index is 2.40. The Morgan fingerprint density at radius 1 is 1.38 bits per heavy atom. The van der Waals surface area contributed by atoms with Crippen LogP contribution in [0.15, 0.2) is 24.3 Å². The maximum atomic E-state index is 13.5. The molecule has 0 saturated carbocycles. The Labute approximate surface area is 124 Å². The molecule has 5 heteroatoms. The van der Waals surface area contributed by atoms with E-state index in [1.54, 1.807) is 45.1 Å². The van der Waals surface area contributed by atoms with Crippen LogP contribution in [0.4, 0.5) is 9.18 Å². The first-order valence-electron chi connectivity index (χ1n) is 6.79. The van der Waals surface area contributed by atoms with Crippen molar-refractivity contribution in [3.05, 3.63) is 35.7 Å². The second-order valence-corrected chi connectivity index (χ2v) is 5.51. The second-order valence-electron chi connectivity index (χ2n) is 5.51. The van der Waals surface area contributed by atoms with Gasteiger partial charge in [-0.3, -0.25) is 0 Å². The van der Waals surface area contributed by atoms with Gasteiger partial charge in [0.05, 0.1) is 7.11 Å². The molecule has 0 saturated heterocycles. The lowest BCUT2D eigenvalue weighted by atomic mass is 10.1. The molecule has 1 amide bonds. The van der Waals surface area contributed by atoms with Crippen LogP contribution < -0.4 is 10.1 Å². The highest BCUT2D eigenvalue weighted by molar-refractivity contribution is 5.67. The minimum atomic E-state index is -0.510. The lowest BCUT2D eigenvalue weighted by Gasteiger charge is -2.19. The average molecular weight is 295 g/mol. The molecule has 0 aromatic heterocycles. The van der Waals surface area contributed by atoms with Gasteiger partial charge in [-0.25, -0.2) is 9.18 Å². The summed E-state index contributed by atoms with van der Waals surface area (Å²) in [6.07, 6.45) is 3.57. The molecule has 0 heterocycles. The number of ether oxygens (including phenoxy) is 2. The molecule has 0 aliphatic rings. The Morgan fingerprint density at radius 2 is 2.10 bits per heavy atom. The highest BCUT2D eigenvalue weighted by Crippen LogP contribution is 2.17. The number of carbonyl (C=O) groups excluding carboxylic acids is 1. The molecule has 1 rings (SSSR count). The number of methoxy groups -OCH3 is 1. The summed E-state index contributed by atoms with van der Waals surface area (Å²) in [5, 5.41) is 2.63. The number of nitrogens with one attached hydrogen (secondary N) is 1. The zero-order valence-electron chi connectivity index (χ0n) is 12.9. The van der Waals surface area contributed by atoms with Crippen LogP contribution in [0.5, 0.6) is 5.75 Å². The zero-order valence-corrected chi connectivity index (χ0v) is 12.9. The molecular weight excluding hydrogens is 273 g/mol. The Bertz CT molecular complexity index is 507. The van der Waals surface area contributed by atoms with Gasteiger partial charge < -0.3 is 14.8 Å². The van der Waals surface area contributed by atoms with Gasteiger partial charge >= 0.3 is 6.09 Å². The molecule has 1 aromatic rings. The Hall–Kier alpha value is -2.04. The third-order valence-electron chi connectivity index (χ3n) is 2.48. The fourth-order valence-electron chi connectivity index (χ4n) is 1.56. The van der Waals surface area contributed by atoms with Gasteiger partial charge in [-0.05, 0) is 45.4 Å². The fraction of sp³-hybridized carbons (Fsp3) is 0.438. The van der Waals surface area contributed by atoms with Gasteiger partial charge in [0, 0.05) is 12.1 Å². The van der Waals surface area contributed by atoms with Crippen molar-refractivity contribution >= 4 is 12.2 Å². The lowest BCUT2D eigenvalue weighted by molar-refractivity contribution is 0.0529. The van der Waals surface area contributed by atoms with Crippen molar-refractivity contribution in [3.63, 3.8) is 0 Å². The number of alkyl carbamates (subject to hydrolysis) is 1. The summed E-state index contributed by atoms with van der Waals surface area (Å²) in [7, 11) is 1.53. The van der Waals surface area contributed by atoms with Crippen LogP contribution in [0, 0.1) is 5.82 Å². The van der Waals surface area contributed by atoms with Crippen molar-refractivity contribution in [1.29, 1.82) is 0 Å².